The number of piperidine rings is 2. The van der Waals surface area contributed by atoms with Gasteiger partial charge in [-0.1, -0.05) is 31.2 Å². The molecule has 5 fully saturated rings. The van der Waals surface area contributed by atoms with E-state index in [0.29, 0.717) is 35.0 Å². The first-order chi connectivity index (χ1) is 18.1. The minimum absolute atomic E-state index is 0.0892. The standard InChI is InChI=1S/C32H39N3O2/c1-2-26-29-28-23(19-35(26)30(37)21-6-4-3-5-7-21)16-32(28)27-14-22-8-9-24(36)15-25(22)31(29,32)11-13-34(27)18-20-10-12-33-17-20/h3-9,15,20,23,26-29,33,36H,2,10-14,16-19H2,1H3/t20-,23+,26?,27?,28?,29?,31?,32?/m0/s1. The van der Waals surface area contributed by atoms with Crippen molar-refractivity contribution in [3.8, 4) is 5.75 Å². The summed E-state index contributed by atoms with van der Waals surface area (Å²) in [6, 6.07) is 17.0. The van der Waals surface area contributed by atoms with Gasteiger partial charge in [0.1, 0.15) is 5.75 Å². The molecule has 6 unspecified atom stereocenters. The fourth-order valence-corrected chi connectivity index (χ4v) is 10.9. The second kappa shape index (κ2) is 7.83. The fourth-order valence-electron chi connectivity index (χ4n) is 10.9. The van der Waals surface area contributed by atoms with Gasteiger partial charge in [-0.2, -0.15) is 0 Å². The van der Waals surface area contributed by atoms with Gasteiger partial charge in [0.05, 0.1) is 0 Å². The van der Waals surface area contributed by atoms with Crippen molar-refractivity contribution >= 4 is 5.91 Å². The highest BCUT2D eigenvalue weighted by atomic mass is 16.3. The Morgan fingerprint density at radius 3 is 2.81 bits per heavy atom. The molecular weight excluding hydrogens is 458 g/mol. The molecule has 8 atom stereocenters. The van der Waals surface area contributed by atoms with Crippen LogP contribution in [0.25, 0.3) is 0 Å². The molecule has 5 heteroatoms. The number of likely N-dealkylation sites (tertiary alicyclic amines) is 2. The maximum Gasteiger partial charge on any atom is 0.254 e. The molecule has 8 rings (SSSR count). The molecule has 2 N–H and O–H groups in total. The first-order valence-electron chi connectivity index (χ1n) is 14.7. The van der Waals surface area contributed by atoms with Crippen molar-refractivity contribution < 1.29 is 9.90 Å². The van der Waals surface area contributed by atoms with Gasteiger partial charge in [0.25, 0.3) is 5.91 Å². The van der Waals surface area contributed by atoms with E-state index < -0.39 is 0 Å². The van der Waals surface area contributed by atoms with E-state index in [4.69, 9.17) is 0 Å². The zero-order valence-electron chi connectivity index (χ0n) is 21.9. The van der Waals surface area contributed by atoms with Crippen LogP contribution in [0.5, 0.6) is 5.75 Å². The molecule has 1 amide bonds. The number of aromatic hydroxyl groups is 1. The van der Waals surface area contributed by atoms with Gasteiger partial charge >= 0.3 is 0 Å². The molecule has 194 valence electrons. The van der Waals surface area contributed by atoms with E-state index in [9.17, 15) is 9.90 Å². The van der Waals surface area contributed by atoms with E-state index in [2.05, 4.69) is 34.2 Å². The lowest BCUT2D eigenvalue weighted by atomic mass is 9.20. The fraction of sp³-hybridized carbons (Fsp3) is 0.594. The second-order valence-corrected chi connectivity index (χ2v) is 13.0. The van der Waals surface area contributed by atoms with Crippen LogP contribution in [-0.2, 0) is 11.8 Å². The number of carbonyl (C=O) groups is 1. The van der Waals surface area contributed by atoms with Gasteiger partial charge in [0.2, 0.25) is 0 Å². The SMILES string of the molecule is CCC1C2C3[C@@H](CN1C(=O)c1ccccc1)CC31C3Cc4ccc(O)cc4C21CCN3C[C@H]1CCNC1. The molecule has 2 aromatic rings. The van der Waals surface area contributed by atoms with Crippen molar-refractivity contribution in [3.63, 3.8) is 0 Å². The summed E-state index contributed by atoms with van der Waals surface area (Å²) in [5, 5.41) is 14.3. The van der Waals surface area contributed by atoms with Crippen LogP contribution in [-0.4, -0.2) is 65.6 Å². The molecule has 3 aliphatic heterocycles. The third-order valence-electron chi connectivity index (χ3n) is 11.9. The predicted octanol–water partition coefficient (Wildman–Crippen LogP) is 4.06. The zero-order valence-corrected chi connectivity index (χ0v) is 21.9. The van der Waals surface area contributed by atoms with Crippen LogP contribution in [0.4, 0.5) is 0 Å². The number of phenols is 1. The molecule has 5 nitrogen and oxygen atoms in total. The molecule has 2 aromatic carbocycles. The minimum atomic E-state index is 0.0892. The van der Waals surface area contributed by atoms with E-state index >= 15 is 0 Å². The number of hydrogen-bond donors (Lipinski definition) is 2. The van der Waals surface area contributed by atoms with Crippen molar-refractivity contribution in [3.05, 3.63) is 65.2 Å². The average molecular weight is 498 g/mol. The van der Waals surface area contributed by atoms with Crippen LogP contribution in [0.1, 0.15) is 54.1 Å². The maximum absolute atomic E-state index is 13.9. The quantitative estimate of drug-likeness (QED) is 0.669. The number of benzene rings is 2. The Hall–Kier alpha value is -2.37. The summed E-state index contributed by atoms with van der Waals surface area (Å²) in [7, 11) is 0. The molecule has 3 aliphatic carbocycles. The normalized spacial score (nSPS) is 41.2. The van der Waals surface area contributed by atoms with Crippen molar-refractivity contribution in [2.45, 2.75) is 56.5 Å². The molecule has 6 aliphatic rings. The van der Waals surface area contributed by atoms with Crippen molar-refractivity contribution in [1.82, 2.24) is 15.1 Å². The molecule has 3 heterocycles. The summed E-state index contributed by atoms with van der Waals surface area (Å²) in [5.41, 5.74) is 4.11. The molecule has 0 aromatic heterocycles. The summed E-state index contributed by atoms with van der Waals surface area (Å²) in [6.45, 7) is 7.90. The van der Waals surface area contributed by atoms with Gasteiger partial charge < -0.3 is 15.3 Å². The Balaban J connectivity index is 1.22. The number of fused-ring (bicyclic) bond motifs is 1. The van der Waals surface area contributed by atoms with Crippen LogP contribution in [0.3, 0.4) is 0 Å². The Bertz CT molecular complexity index is 1240. The van der Waals surface area contributed by atoms with Crippen LogP contribution in [0.15, 0.2) is 48.5 Å². The Morgan fingerprint density at radius 1 is 1.16 bits per heavy atom. The Kier molecular flexibility index (Phi) is 4.78. The van der Waals surface area contributed by atoms with Crippen LogP contribution < -0.4 is 5.32 Å². The highest BCUT2D eigenvalue weighted by Crippen LogP contribution is 2.84. The molecule has 2 saturated carbocycles. The number of carbonyl (C=O) groups excluding carboxylic acids is 1. The molecule has 0 radical (unpaired) electrons. The first kappa shape index (κ1) is 22.6. The lowest BCUT2D eigenvalue weighted by Crippen LogP contribution is -2.90. The third kappa shape index (κ3) is 2.70. The first-order valence-corrected chi connectivity index (χ1v) is 14.7. The number of nitrogens with zero attached hydrogens (tertiary/aromatic N) is 2. The molecular formula is C32H39N3O2. The topological polar surface area (TPSA) is 55.8 Å². The highest BCUT2D eigenvalue weighted by molar-refractivity contribution is 5.94. The van der Waals surface area contributed by atoms with Gasteiger partial charge in [0.15, 0.2) is 0 Å². The van der Waals surface area contributed by atoms with E-state index in [1.807, 2.05) is 36.4 Å². The molecule has 3 saturated heterocycles. The number of amides is 1. The van der Waals surface area contributed by atoms with Crippen LogP contribution >= 0.6 is 0 Å². The van der Waals surface area contributed by atoms with Gasteiger partial charge in [-0.05, 0) is 111 Å². The van der Waals surface area contributed by atoms with E-state index in [-0.39, 0.29) is 17.4 Å². The summed E-state index contributed by atoms with van der Waals surface area (Å²) in [4.78, 5) is 19.0. The van der Waals surface area contributed by atoms with Crippen molar-refractivity contribution in [1.29, 1.82) is 0 Å². The lowest BCUT2D eigenvalue weighted by Gasteiger charge is -2.88. The van der Waals surface area contributed by atoms with Gasteiger partial charge in [0, 0.05) is 41.6 Å². The third-order valence-corrected chi connectivity index (χ3v) is 11.9. The maximum atomic E-state index is 13.9. The molecule has 37 heavy (non-hydrogen) atoms. The number of nitrogens with one attached hydrogen (secondary N) is 1. The van der Waals surface area contributed by atoms with Gasteiger partial charge in [-0.25, -0.2) is 0 Å². The number of phenolic OH excluding ortho intramolecular Hbond substituents is 1. The molecule has 2 bridgehead atoms. The van der Waals surface area contributed by atoms with E-state index in [1.165, 1.54) is 30.5 Å². The zero-order chi connectivity index (χ0) is 24.9. The summed E-state index contributed by atoms with van der Waals surface area (Å²) in [6.07, 6.45) is 5.83. The predicted molar refractivity (Wildman–Crippen MR) is 144 cm³/mol. The monoisotopic (exact) mass is 497 g/mol. The van der Waals surface area contributed by atoms with Gasteiger partial charge in [-0.15, -0.1) is 0 Å². The van der Waals surface area contributed by atoms with E-state index in [1.54, 1.807) is 0 Å². The number of rotatable bonds is 4. The Labute approximate surface area is 220 Å². The summed E-state index contributed by atoms with van der Waals surface area (Å²) >= 11 is 0. The van der Waals surface area contributed by atoms with Crippen LogP contribution in [0.2, 0.25) is 0 Å². The van der Waals surface area contributed by atoms with Crippen LogP contribution in [0, 0.1) is 29.1 Å². The number of hydrogen-bond acceptors (Lipinski definition) is 4. The smallest absolute Gasteiger partial charge is 0.254 e. The van der Waals surface area contributed by atoms with Crippen molar-refractivity contribution in [2.24, 2.45) is 29.1 Å². The van der Waals surface area contributed by atoms with Crippen molar-refractivity contribution in [2.75, 3.05) is 32.7 Å². The average Bonchev–Trinajstić information content (AvgIpc) is 3.41. The second-order valence-electron chi connectivity index (χ2n) is 13.0. The van der Waals surface area contributed by atoms with Gasteiger partial charge in [-0.3, -0.25) is 9.69 Å². The van der Waals surface area contributed by atoms with E-state index in [0.717, 1.165) is 56.9 Å². The summed E-state index contributed by atoms with van der Waals surface area (Å²) < 4.78 is 0. The Morgan fingerprint density at radius 2 is 2.03 bits per heavy atom. The summed E-state index contributed by atoms with van der Waals surface area (Å²) in [5.74, 6) is 3.20. The largest absolute Gasteiger partial charge is 0.508 e. The molecule has 1 spiro atoms. The minimum Gasteiger partial charge on any atom is -0.508 e. The highest BCUT2D eigenvalue weighted by Gasteiger charge is 2.85. The lowest BCUT2D eigenvalue weighted by molar-refractivity contribution is -0.349.